The minimum atomic E-state index is -0.629. The first-order chi connectivity index (χ1) is 11.6. The third-order valence-corrected chi connectivity index (χ3v) is 4.33. The first kappa shape index (κ1) is 16.1. The van der Waals surface area contributed by atoms with Crippen molar-refractivity contribution >= 4 is 22.4 Å². The topological polar surface area (TPSA) is 64.1 Å². The summed E-state index contributed by atoms with van der Waals surface area (Å²) >= 11 is 1.33. The Balaban J connectivity index is 1.65. The summed E-state index contributed by atoms with van der Waals surface area (Å²) in [6.45, 7) is 3.65. The van der Waals surface area contributed by atoms with Crippen LogP contribution in [0.1, 0.15) is 12.5 Å². The zero-order valence-corrected chi connectivity index (χ0v) is 14.2. The molecule has 3 aromatic rings. The number of para-hydroxylation sites is 1. The molecule has 6 heteroatoms. The van der Waals surface area contributed by atoms with Crippen molar-refractivity contribution in [1.29, 1.82) is 0 Å². The average molecular weight is 339 g/mol. The first-order valence-corrected chi connectivity index (χ1v) is 8.37. The van der Waals surface area contributed by atoms with Gasteiger partial charge in [0.2, 0.25) is 5.13 Å². The van der Waals surface area contributed by atoms with Crippen molar-refractivity contribution in [2.45, 2.75) is 20.0 Å². The van der Waals surface area contributed by atoms with Crippen molar-refractivity contribution in [3.05, 3.63) is 60.2 Å². The van der Waals surface area contributed by atoms with E-state index in [-0.39, 0.29) is 5.91 Å². The van der Waals surface area contributed by atoms with Crippen LogP contribution < -0.4 is 10.1 Å². The molecule has 122 valence electrons. The van der Waals surface area contributed by atoms with Crippen molar-refractivity contribution in [3.8, 4) is 16.3 Å². The normalized spacial score (nSPS) is 11.8. The largest absolute Gasteiger partial charge is 0.481 e. The first-order valence-electron chi connectivity index (χ1n) is 7.55. The van der Waals surface area contributed by atoms with Gasteiger partial charge in [-0.25, -0.2) is 0 Å². The molecule has 0 saturated carbocycles. The summed E-state index contributed by atoms with van der Waals surface area (Å²) < 4.78 is 5.71. The van der Waals surface area contributed by atoms with Gasteiger partial charge in [-0.2, -0.15) is 0 Å². The van der Waals surface area contributed by atoms with E-state index in [4.69, 9.17) is 4.74 Å². The summed E-state index contributed by atoms with van der Waals surface area (Å²) in [4.78, 5) is 12.3. The van der Waals surface area contributed by atoms with Crippen molar-refractivity contribution in [3.63, 3.8) is 0 Å². The van der Waals surface area contributed by atoms with E-state index in [9.17, 15) is 4.79 Å². The number of carbonyl (C=O) groups is 1. The molecule has 24 heavy (non-hydrogen) atoms. The second-order valence-corrected chi connectivity index (χ2v) is 6.27. The van der Waals surface area contributed by atoms with Gasteiger partial charge in [-0.1, -0.05) is 59.9 Å². The van der Waals surface area contributed by atoms with Crippen molar-refractivity contribution in [2.75, 3.05) is 5.32 Å². The van der Waals surface area contributed by atoms with Crippen LogP contribution in [0.25, 0.3) is 10.6 Å². The van der Waals surface area contributed by atoms with Crippen LogP contribution in [0.4, 0.5) is 5.13 Å². The summed E-state index contributed by atoms with van der Waals surface area (Å²) in [5.74, 6) is 0.441. The van der Waals surface area contributed by atoms with Crippen LogP contribution in [-0.2, 0) is 4.79 Å². The van der Waals surface area contributed by atoms with Gasteiger partial charge in [-0.3, -0.25) is 10.1 Å². The van der Waals surface area contributed by atoms with Crippen molar-refractivity contribution in [1.82, 2.24) is 10.2 Å². The van der Waals surface area contributed by atoms with E-state index in [1.807, 2.05) is 61.5 Å². The molecule has 1 amide bonds. The number of benzene rings is 2. The van der Waals surface area contributed by atoms with Gasteiger partial charge in [0.05, 0.1) is 0 Å². The molecular weight excluding hydrogens is 322 g/mol. The summed E-state index contributed by atoms with van der Waals surface area (Å²) in [6, 6.07) is 17.3. The Morgan fingerprint density at radius 2 is 1.79 bits per heavy atom. The fourth-order valence-electron chi connectivity index (χ4n) is 2.11. The summed E-state index contributed by atoms with van der Waals surface area (Å²) in [5.41, 5.74) is 1.96. The number of ether oxygens (including phenoxy) is 1. The molecule has 0 aliphatic carbocycles. The summed E-state index contributed by atoms with van der Waals surface area (Å²) in [7, 11) is 0. The molecular formula is C18H17N3O2S. The van der Waals surface area contributed by atoms with Crippen LogP contribution in [0.2, 0.25) is 0 Å². The van der Waals surface area contributed by atoms with Gasteiger partial charge in [-0.05, 0) is 25.5 Å². The Hall–Kier alpha value is -2.73. The molecule has 3 rings (SSSR count). The second kappa shape index (κ2) is 7.23. The number of hydrogen-bond donors (Lipinski definition) is 1. The number of amides is 1. The van der Waals surface area contributed by atoms with Gasteiger partial charge < -0.3 is 4.74 Å². The van der Waals surface area contributed by atoms with E-state index in [1.54, 1.807) is 6.92 Å². The molecule has 1 aromatic heterocycles. The number of hydrogen-bond acceptors (Lipinski definition) is 5. The highest BCUT2D eigenvalue weighted by Gasteiger charge is 2.18. The third-order valence-electron chi connectivity index (χ3n) is 3.44. The van der Waals surface area contributed by atoms with Crippen LogP contribution in [0.3, 0.4) is 0 Å². The molecule has 0 unspecified atom stereocenters. The van der Waals surface area contributed by atoms with Crippen LogP contribution in [0.15, 0.2) is 54.6 Å². The molecule has 2 aromatic carbocycles. The Kier molecular flexibility index (Phi) is 4.86. The Morgan fingerprint density at radius 3 is 2.54 bits per heavy atom. The fraction of sp³-hybridized carbons (Fsp3) is 0.167. The van der Waals surface area contributed by atoms with E-state index < -0.39 is 6.10 Å². The van der Waals surface area contributed by atoms with Crippen molar-refractivity contribution < 1.29 is 9.53 Å². The number of nitrogens with one attached hydrogen (secondary N) is 1. The highest BCUT2D eigenvalue weighted by molar-refractivity contribution is 7.18. The maximum atomic E-state index is 12.3. The van der Waals surface area contributed by atoms with Gasteiger partial charge in [0.25, 0.3) is 5.91 Å². The number of anilines is 1. The number of rotatable bonds is 5. The van der Waals surface area contributed by atoms with Crippen LogP contribution in [-0.4, -0.2) is 22.2 Å². The molecule has 0 aliphatic heterocycles. The van der Waals surface area contributed by atoms with E-state index in [0.29, 0.717) is 10.9 Å². The average Bonchev–Trinajstić information content (AvgIpc) is 3.06. The maximum Gasteiger partial charge on any atom is 0.266 e. The molecule has 1 N–H and O–H groups in total. The highest BCUT2D eigenvalue weighted by Crippen LogP contribution is 2.26. The fourth-order valence-corrected chi connectivity index (χ4v) is 2.86. The van der Waals surface area contributed by atoms with Crippen molar-refractivity contribution in [2.24, 2.45) is 0 Å². The molecule has 0 aliphatic rings. The lowest BCUT2D eigenvalue weighted by Gasteiger charge is -2.15. The molecule has 0 bridgehead atoms. The SMILES string of the molecule is Cc1ccccc1O[C@H](C)C(=O)Nc1nnc(-c2ccccc2)s1. The monoisotopic (exact) mass is 339 g/mol. The van der Waals surface area contributed by atoms with Gasteiger partial charge in [0, 0.05) is 5.56 Å². The lowest BCUT2D eigenvalue weighted by Crippen LogP contribution is -2.30. The third kappa shape index (κ3) is 3.78. The summed E-state index contributed by atoms with van der Waals surface area (Å²) in [5, 5.41) is 12.1. The Labute approximate surface area is 144 Å². The van der Waals surface area contributed by atoms with Crippen LogP contribution in [0, 0.1) is 6.92 Å². The molecule has 1 atom stereocenters. The molecule has 0 saturated heterocycles. The predicted molar refractivity (Wildman–Crippen MR) is 95.2 cm³/mol. The molecule has 0 radical (unpaired) electrons. The summed E-state index contributed by atoms with van der Waals surface area (Å²) in [6.07, 6.45) is -0.629. The van der Waals surface area contributed by atoms with Crippen LogP contribution in [0.5, 0.6) is 5.75 Å². The predicted octanol–water partition coefficient (Wildman–Crippen LogP) is 3.92. The molecule has 1 heterocycles. The second-order valence-electron chi connectivity index (χ2n) is 5.29. The number of carbonyl (C=O) groups excluding carboxylic acids is 1. The Bertz CT molecular complexity index is 833. The van der Waals surface area contributed by atoms with Gasteiger partial charge in [0.15, 0.2) is 6.10 Å². The molecule has 0 fully saturated rings. The van der Waals surface area contributed by atoms with E-state index in [0.717, 1.165) is 16.1 Å². The quantitative estimate of drug-likeness (QED) is 0.765. The molecule has 0 spiro atoms. The number of aromatic nitrogens is 2. The smallest absolute Gasteiger partial charge is 0.266 e. The number of aryl methyl sites for hydroxylation is 1. The lowest BCUT2D eigenvalue weighted by atomic mass is 10.2. The standard InChI is InChI=1S/C18H17N3O2S/c1-12-8-6-7-11-15(12)23-13(2)16(22)19-18-21-20-17(24-18)14-9-4-3-5-10-14/h3-11,13H,1-2H3,(H,19,21,22)/t13-/m1/s1. The van der Waals surface area contributed by atoms with Gasteiger partial charge >= 0.3 is 0 Å². The molecule has 5 nitrogen and oxygen atoms in total. The van der Waals surface area contributed by atoms with E-state index in [2.05, 4.69) is 15.5 Å². The number of nitrogens with zero attached hydrogens (tertiary/aromatic N) is 2. The van der Waals surface area contributed by atoms with Crippen LogP contribution >= 0.6 is 11.3 Å². The zero-order chi connectivity index (χ0) is 16.9. The Morgan fingerprint density at radius 1 is 1.08 bits per heavy atom. The van der Waals surface area contributed by atoms with Gasteiger partial charge in [0.1, 0.15) is 10.8 Å². The lowest BCUT2D eigenvalue weighted by molar-refractivity contribution is -0.122. The zero-order valence-electron chi connectivity index (χ0n) is 13.4. The van der Waals surface area contributed by atoms with E-state index >= 15 is 0 Å². The highest BCUT2D eigenvalue weighted by atomic mass is 32.1. The minimum Gasteiger partial charge on any atom is -0.481 e. The van der Waals surface area contributed by atoms with Gasteiger partial charge in [-0.15, -0.1) is 10.2 Å². The maximum absolute atomic E-state index is 12.3. The van der Waals surface area contributed by atoms with E-state index in [1.165, 1.54) is 11.3 Å². The minimum absolute atomic E-state index is 0.256.